The van der Waals surface area contributed by atoms with Crippen LogP contribution in [0, 0.1) is 5.92 Å². The number of nitrogens with one attached hydrogen (secondary N) is 3. The van der Waals surface area contributed by atoms with Crippen LogP contribution >= 0.6 is 0 Å². The number of rotatable bonds is 10. The SMILES string of the molecule is CC(C)CNC(=O)c1cccc(-c2ccc(OC(F)(F)F)c(C(=O)NC(CN)Cc3c[nH]c4ccccc34)c2)c1. The van der Waals surface area contributed by atoms with E-state index in [0.29, 0.717) is 29.7 Å². The Kier molecular flexibility index (Phi) is 8.79. The standard InChI is InChI=1S/C30H31F3N4O3/c1-18(2)16-36-28(38)21-7-5-6-19(12-21)20-10-11-27(40-30(31,32)33)25(14-20)29(39)37-23(15-34)13-22-17-35-26-9-4-3-8-24(22)26/h3-12,14,17-18,23,35H,13,15-16,34H2,1-2H3,(H,36,38)(H,37,39). The Morgan fingerprint density at radius 3 is 2.45 bits per heavy atom. The number of carbonyl (C=O) groups is 2. The summed E-state index contributed by atoms with van der Waals surface area (Å²) in [6.07, 6.45) is -2.81. The molecule has 0 aliphatic heterocycles. The summed E-state index contributed by atoms with van der Waals surface area (Å²) in [6, 6.07) is 17.6. The first-order chi connectivity index (χ1) is 19.0. The van der Waals surface area contributed by atoms with Gasteiger partial charge in [-0.3, -0.25) is 9.59 Å². The highest BCUT2D eigenvalue weighted by Gasteiger charge is 2.33. The maximum absolute atomic E-state index is 13.3. The number of aromatic nitrogens is 1. The van der Waals surface area contributed by atoms with Crippen molar-refractivity contribution in [3.63, 3.8) is 0 Å². The highest BCUT2D eigenvalue weighted by Crippen LogP contribution is 2.31. The third kappa shape index (κ3) is 7.20. The first-order valence-electron chi connectivity index (χ1n) is 12.9. The number of para-hydroxylation sites is 1. The molecule has 1 unspecified atom stereocenters. The summed E-state index contributed by atoms with van der Waals surface area (Å²) < 4.78 is 43.7. The smallest absolute Gasteiger partial charge is 0.405 e. The Labute approximate surface area is 229 Å². The first kappa shape index (κ1) is 28.7. The molecule has 1 heterocycles. The lowest BCUT2D eigenvalue weighted by Crippen LogP contribution is -2.42. The fourth-order valence-electron chi connectivity index (χ4n) is 4.36. The maximum Gasteiger partial charge on any atom is 0.573 e. The number of hydrogen-bond donors (Lipinski definition) is 4. The average molecular weight is 553 g/mol. The summed E-state index contributed by atoms with van der Waals surface area (Å²) in [5.41, 5.74) is 8.86. The molecule has 210 valence electrons. The Morgan fingerprint density at radius 1 is 0.975 bits per heavy atom. The monoisotopic (exact) mass is 552 g/mol. The van der Waals surface area contributed by atoms with Crippen LogP contribution in [0.1, 0.15) is 40.1 Å². The predicted molar refractivity (Wildman–Crippen MR) is 148 cm³/mol. The van der Waals surface area contributed by atoms with Gasteiger partial charge in [-0.1, -0.05) is 50.2 Å². The van der Waals surface area contributed by atoms with Crippen molar-refractivity contribution in [2.24, 2.45) is 11.7 Å². The number of ether oxygens (including phenoxy) is 1. The molecule has 0 saturated heterocycles. The molecule has 1 atom stereocenters. The minimum atomic E-state index is -5.00. The van der Waals surface area contributed by atoms with Gasteiger partial charge < -0.3 is 26.1 Å². The Balaban J connectivity index is 1.61. The number of aromatic amines is 1. The Bertz CT molecular complexity index is 1500. The number of halogens is 3. The summed E-state index contributed by atoms with van der Waals surface area (Å²) in [5.74, 6) is -1.40. The van der Waals surface area contributed by atoms with Crippen molar-refractivity contribution in [1.82, 2.24) is 15.6 Å². The van der Waals surface area contributed by atoms with Gasteiger partial charge in [0.15, 0.2) is 0 Å². The van der Waals surface area contributed by atoms with Crippen LogP contribution in [-0.2, 0) is 6.42 Å². The molecule has 5 N–H and O–H groups in total. The molecule has 0 aliphatic rings. The zero-order valence-corrected chi connectivity index (χ0v) is 22.1. The normalized spacial score (nSPS) is 12.4. The van der Waals surface area contributed by atoms with Gasteiger partial charge in [-0.2, -0.15) is 0 Å². The van der Waals surface area contributed by atoms with E-state index in [4.69, 9.17) is 5.73 Å². The van der Waals surface area contributed by atoms with Crippen molar-refractivity contribution in [3.05, 3.63) is 89.6 Å². The van der Waals surface area contributed by atoms with Crippen LogP contribution in [0.2, 0.25) is 0 Å². The molecule has 1 aromatic heterocycles. The van der Waals surface area contributed by atoms with Crippen LogP contribution in [0.3, 0.4) is 0 Å². The Morgan fingerprint density at radius 2 is 1.73 bits per heavy atom. The van der Waals surface area contributed by atoms with Crippen LogP contribution in [0.5, 0.6) is 5.75 Å². The molecule has 3 aromatic carbocycles. The maximum atomic E-state index is 13.3. The van der Waals surface area contributed by atoms with E-state index in [1.165, 1.54) is 12.1 Å². The lowest BCUT2D eigenvalue weighted by Gasteiger charge is -2.19. The van der Waals surface area contributed by atoms with Gasteiger partial charge in [0.25, 0.3) is 11.8 Å². The number of hydrogen-bond acceptors (Lipinski definition) is 4. The highest BCUT2D eigenvalue weighted by atomic mass is 19.4. The number of alkyl halides is 3. The van der Waals surface area contributed by atoms with E-state index in [1.807, 2.05) is 44.3 Å². The number of nitrogens with two attached hydrogens (primary N) is 1. The second kappa shape index (κ2) is 12.3. The molecule has 7 nitrogen and oxygen atoms in total. The molecule has 0 fully saturated rings. The topological polar surface area (TPSA) is 109 Å². The van der Waals surface area contributed by atoms with Gasteiger partial charge >= 0.3 is 6.36 Å². The van der Waals surface area contributed by atoms with Crippen LogP contribution in [0.4, 0.5) is 13.2 Å². The number of amides is 2. The minimum absolute atomic E-state index is 0.0634. The fraction of sp³-hybridized carbons (Fsp3) is 0.267. The first-order valence-corrected chi connectivity index (χ1v) is 12.9. The largest absolute Gasteiger partial charge is 0.573 e. The van der Waals surface area contributed by atoms with Gasteiger partial charge in [0, 0.05) is 41.8 Å². The number of benzene rings is 3. The molecule has 4 rings (SSSR count). The molecule has 2 amide bonds. The van der Waals surface area contributed by atoms with E-state index < -0.39 is 24.1 Å². The average Bonchev–Trinajstić information content (AvgIpc) is 3.33. The van der Waals surface area contributed by atoms with Gasteiger partial charge in [-0.15, -0.1) is 13.2 Å². The molecule has 0 aliphatic carbocycles. The summed E-state index contributed by atoms with van der Waals surface area (Å²) in [6.45, 7) is 4.51. The van der Waals surface area contributed by atoms with Crippen LogP contribution in [0.15, 0.2) is 72.9 Å². The van der Waals surface area contributed by atoms with Crippen molar-refractivity contribution in [2.45, 2.75) is 32.7 Å². The number of carbonyl (C=O) groups excluding carboxylic acids is 2. The van der Waals surface area contributed by atoms with E-state index in [2.05, 4.69) is 20.4 Å². The van der Waals surface area contributed by atoms with Crippen molar-refractivity contribution < 1.29 is 27.5 Å². The minimum Gasteiger partial charge on any atom is -0.405 e. The fourth-order valence-corrected chi connectivity index (χ4v) is 4.36. The summed E-state index contributed by atoms with van der Waals surface area (Å²) in [5, 5.41) is 6.56. The summed E-state index contributed by atoms with van der Waals surface area (Å²) in [7, 11) is 0. The zero-order chi connectivity index (χ0) is 28.9. The summed E-state index contributed by atoms with van der Waals surface area (Å²) in [4.78, 5) is 29.0. The van der Waals surface area contributed by atoms with E-state index >= 15 is 0 Å². The lowest BCUT2D eigenvalue weighted by atomic mass is 9.99. The van der Waals surface area contributed by atoms with E-state index in [9.17, 15) is 22.8 Å². The van der Waals surface area contributed by atoms with Crippen molar-refractivity contribution in [1.29, 1.82) is 0 Å². The summed E-state index contributed by atoms with van der Waals surface area (Å²) >= 11 is 0. The molecule has 0 bridgehead atoms. The predicted octanol–water partition coefficient (Wildman–Crippen LogP) is 5.42. The molecule has 0 spiro atoms. The molecule has 4 aromatic rings. The quantitative estimate of drug-likeness (QED) is 0.211. The van der Waals surface area contributed by atoms with Crippen LogP contribution < -0.4 is 21.1 Å². The van der Waals surface area contributed by atoms with Crippen molar-refractivity contribution in [3.8, 4) is 16.9 Å². The van der Waals surface area contributed by atoms with E-state index in [-0.39, 0.29) is 23.9 Å². The van der Waals surface area contributed by atoms with Crippen molar-refractivity contribution in [2.75, 3.05) is 13.1 Å². The van der Waals surface area contributed by atoms with Gasteiger partial charge in [0.2, 0.25) is 0 Å². The van der Waals surface area contributed by atoms with Gasteiger partial charge in [0.1, 0.15) is 5.75 Å². The molecular formula is C30H31F3N4O3. The number of H-pyrrole nitrogens is 1. The van der Waals surface area contributed by atoms with Gasteiger partial charge in [-0.25, -0.2) is 0 Å². The number of fused-ring (bicyclic) bond motifs is 1. The molecular weight excluding hydrogens is 521 g/mol. The van der Waals surface area contributed by atoms with E-state index in [1.54, 1.807) is 24.3 Å². The zero-order valence-electron chi connectivity index (χ0n) is 22.1. The molecule has 0 saturated carbocycles. The van der Waals surface area contributed by atoms with Gasteiger partial charge in [-0.05, 0) is 59.4 Å². The van der Waals surface area contributed by atoms with E-state index in [0.717, 1.165) is 22.5 Å². The van der Waals surface area contributed by atoms with Crippen molar-refractivity contribution >= 4 is 22.7 Å². The van der Waals surface area contributed by atoms with Crippen LogP contribution in [0.25, 0.3) is 22.0 Å². The van der Waals surface area contributed by atoms with Gasteiger partial charge in [0.05, 0.1) is 5.56 Å². The molecule has 40 heavy (non-hydrogen) atoms. The second-order valence-corrected chi connectivity index (χ2v) is 9.91. The second-order valence-electron chi connectivity index (χ2n) is 9.91. The third-order valence-corrected chi connectivity index (χ3v) is 6.34. The third-order valence-electron chi connectivity index (χ3n) is 6.34. The molecule has 10 heteroatoms. The Hall–Kier alpha value is -4.31. The van der Waals surface area contributed by atoms with Crippen LogP contribution in [-0.4, -0.2) is 42.3 Å². The molecule has 0 radical (unpaired) electrons. The highest BCUT2D eigenvalue weighted by molar-refractivity contribution is 5.99. The lowest BCUT2D eigenvalue weighted by molar-refractivity contribution is -0.274.